The fraction of sp³-hybridized carbons (Fsp3) is 0.357. The van der Waals surface area contributed by atoms with Crippen LogP contribution in [0.5, 0.6) is 5.75 Å². The number of hydrogen-bond acceptors (Lipinski definition) is 2. The van der Waals surface area contributed by atoms with Gasteiger partial charge in [0.25, 0.3) is 0 Å². The first-order valence-electron chi connectivity index (χ1n) is 5.99. The number of ether oxygens (including phenoxy) is 1. The fourth-order valence-corrected chi connectivity index (χ4v) is 2.24. The van der Waals surface area contributed by atoms with Crippen LogP contribution in [0.15, 0.2) is 35.1 Å². The van der Waals surface area contributed by atoms with Crippen molar-refractivity contribution in [3.8, 4) is 5.75 Å². The van der Waals surface area contributed by atoms with Gasteiger partial charge in [-0.05, 0) is 48.3 Å². The SMILES string of the molecule is Cc1ccccc1OCc1nc(Br)cn1C(C)C. The first-order valence-corrected chi connectivity index (χ1v) is 6.79. The maximum absolute atomic E-state index is 5.82. The van der Waals surface area contributed by atoms with Gasteiger partial charge in [0, 0.05) is 12.2 Å². The summed E-state index contributed by atoms with van der Waals surface area (Å²) in [7, 11) is 0. The highest BCUT2D eigenvalue weighted by Crippen LogP contribution is 2.20. The molecule has 0 amide bonds. The van der Waals surface area contributed by atoms with Crippen molar-refractivity contribution in [3.63, 3.8) is 0 Å². The van der Waals surface area contributed by atoms with E-state index in [0.29, 0.717) is 12.6 Å². The predicted molar refractivity (Wildman–Crippen MR) is 75.8 cm³/mol. The molecular weight excluding hydrogens is 292 g/mol. The van der Waals surface area contributed by atoms with E-state index in [1.165, 1.54) is 0 Å². The van der Waals surface area contributed by atoms with Crippen molar-refractivity contribution >= 4 is 15.9 Å². The lowest BCUT2D eigenvalue weighted by molar-refractivity contribution is 0.284. The molecule has 1 heterocycles. The van der Waals surface area contributed by atoms with Crippen LogP contribution in [0.25, 0.3) is 0 Å². The second kappa shape index (κ2) is 5.57. The van der Waals surface area contributed by atoms with Crippen LogP contribution in [0.3, 0.4) is 0 Å². The number of halogens is 1. The number of imidazole rings is 1. The molecule has 0 bridgehead atoms. The van der Waals surface area contributed by atoms with Crippen LogP contribution >= 0.6 is 15.9 Å². The number of hydrogen-bond donors (Lipinski definition) is 0. The maximum atomic E-state index is 5.82. The quantitative estimate of drug-likeness (QED) is 0.849. The van der Waals surface area contributed by atoms with E-state index in [0.717, 1.165) is 21.7 Å². The normalized spacial score (nSPS) is 10.9. The standard InChI is InChI=1S/C14H17BrN2O/c1-10(2)17-8-13(15)16-14(17)9-18-12-7-5-4-6-11(12)3/h4-8,10H,9H2,1-3H3. The zero-order valence-electron chi connectivity index (χ0n) is 10.9. The van der Waals surface area contributed by atoms with Gasteiger partial charge in [0.2, 0.25) is 0 Å². The van der Waals surface area contributed by atoms with E-state index in [1.54, 1.807) is 0 Å². The molecule has 1 aromatic heterocycles. The van der Waals surface area contributed by atoms with E-state index < -0.39 is 0 Å². The van der Waals surface area contributed by atoms with Crippen LogP contribution in [0.2, 0.25) is 0 Å². The summed E-state index contributed by atoms with van der Waals surface area (Å²) in [6.45, 7) is 6.78. The predicted octanol–water partition coefficient (Wildman–Crippen LogP) is 4.11. The highest BCUT2D eigenvalue weighted by atomic mass is 79.9. The minimum atomic E-state index is 0.374. The molecule has 0 radical (unpaired) electrons. The fourth-order valence-electron chi connectivity index (χ4n) is 1.81. The van der Waals surface area contributed by atoms with Gasteiger partial charge in [0.05, 0.1) is 0 Å². The number of aromatic nitrogens is 2. The van der Waals surface area contributed by atoms with Gasteiger partial charge < -0.3 is 9.30 Å². The number of benzene rings is 1. The van der Waals surface area contributed by atoms with Crippen molar-refractivity contribution in [1.82, 2.24) is 9.55 Å². The van der Waals surface area contributed by atoms with Gasteiger partial charge in [-0.3, -0.25) is 0 Å². The molecule has 96 valence electrons. The molecule has 2 aromatic rings. The molecule has 0 spiro atoms. The van der Waals surface area contributed by atoms with Gasteiger partial charge >= 0.3 is 0 Å². The van der Waals surface area contributed by atoms with E-state index in [2.05, 4.69) is 39.3 Å². The van der Waals surface area contributed by atoms with Crippen molar-refractivity contribution < 1.29 is 4.74 Å². The van der Waals surface area contributed by atoms with Crippen LogP contribution in [-0.4, -0.2) is 9.55 Å². The maximum Gasteiger partial charge on any atom is 0.148 e. The highest BCUT2D eigenvalue weighted by Gasteiger charge is 2.10. The first-order chi connectivity index (χ1) is 8.58. The molecule has 0 aliphatic heterocycles. The second-order valence-corrected chi connectivity index (χ2v) is 5.35. The molecule has 0 unspecified atom stereocenters. The Hall–Kier alpha value is -1.29. The highest BCUT2D eigenvalue weighted by molar-refractivity contribution is 9.10. The van der Waals surface area contributed by atoms with Crippen LogP contribution in [0.1, 0.15) is 31.3 Å². The van der Waals surface area contributed by atoms with Crippen molar-refractivity contribution in [2.24, 2.45) is 0 Å². The number of para-hydroxylation sites is 1. The van der Waals surface area contributed by atoms with E-state index in [-0.39, 0.29) is 0 Å². The summed E-state index contributed by atoms with van der Waals surface area (Å²) >= 11 is 3.40. The molecule has 0 aliphatic rings. The number of rotatable bonds is 4. The monoisotopic (exact) mass is 308 g/mol. The Bertz CT molecular complexity index is 534. The lowest BCUT2D eigenvalue weighted by Crippen LogP contribution is -2.08. The molecule has 18 heavy (non-hydrogen) atoms. The third kappa shape index (κ3) is 2.93. The summed E-state index contributed by atoms with van der Waals surface area (Å²) in [6, 6.07) is 8.38. The molecule has 1 aromatic carbocycles. The molecule has 0 fully saturated rings. The second-order valence-electron chi connectivity index (χ2n) is 4.54. The first kappa shape index (κ1) is 13.1. The third-order valence-corrected chi connectivity index (χ3v) is 3.17. The minimum Gasteiger partial charge on any atom is -0.485 e. The zero-order chi connectivity index (χ0) is 13.1. The molecule has 3 nitrogen and oxygen atoms in total. The summed E-state index contributed by atoms with van der Waals surface area (Å²) in [5, 5.41) is 0. The van der Waals surface area contributed by atoms with E-state index in [4.69, 9.17) is 4.74 Å². The van der Waals surface area contributed by atoms with Gasteiger partial charge in [0.1, 0.15) is 22.8 Å². The molecule has 4 heteroatoms. The summed E-state index contributed by atoms with van der Waals surface area (Å²) in [4.78, 5) is 4.43. The van der Waals surface area contributed by atoms with Crippen molar-refractivity contribution in [2.75, 3.05) is 0 Å². The Morgan fingerprint density at radius 1 is 1.33 bits per heavy atom. The summed E-state index contributed by atoms with van der Waals surface area (Å²) in [5.74, 6) is 1.84. The molecule has 2 rings (SSSR count). The van der Waals surface area contributed by atoms with Gasteiger partial charge in [-0.15, -0.1) is 0 Å². The lowest BCUT2D eigenvalue weighted by Gasteiger charge is -2.13. The summed E-state index contributed by atoms with van der Waals surface area (Å²) < 4.78 is 8.78. The molecule has 0 N–H and O–H groups in total. The van der Waals surface area contributed by atoms with Gasteiger partial charge in [-0.25, -0.2) is 4.98 Å². The Labute approximate surface area is 116 Å². The average Bonchev–Trinajstić information content (AvgIpc) is 2.70. The Morgan fingerprint density at radius 2 is 2.06 bits per heavy atom. The minimum absolute atomic E-state index is 0.374. The van der Waals surface area contributed by atoms with Crippen LogP contribution in [0, 0.1) is 6.92 Å². The van der Waals surface area contributed by atoms with Gasteiger partial charge in [-0.1, -0.05) is 18.2 Å². The average molecular weight is 309 g/mol. The van der Waals surface area contributed by atoms with Crippen LogP contribution < -0.4 is 4.74 Å². The molecular formula is C14H17BrN2O. The van der Waals surface area contributed by atoms with E-state index in [1.807, 2.05) is 37.4 Å². The van der Waals surface area contributed by atoms with Crippen molar-refractivity contribution in [1.29, 1.82) is 0 Å². The molecule has 0 saturated carbocycles. The molecule has 0 atom stereocenters. The third-order valence-electron chi connectivity index (χ3n) is 2.79. The Kier molecular flexibility index (Phi) is 4.07. The van der Waals surface area contributed by atoms with Crippen LogP contribution in [0.4, 0.5) is 0 Å². The number of nitrogens with zero attached hydrogens (tertiary/aromatic N) is 2. The van der Waals surface area contributed by atoms with Gasteiger partial charge in [-0.2, -0.15) is 0 Å². The topological polar surface area (TPSA) is 27.1 Å². The van der Waals surface area contributed by atoms with Crippen LogP contribution in [-0.2, 0) is 6.61 Å². The van der Waals surface area contributed by atoms with Gasteiger partial charge in [0.15, 0.2) is 0 Å². The zero-order valence-corrected chi connectivity index (χ0v) is 12.4. The Balaban J connectivity index is 2.13. The summed E-state index contributed by atoms with van der Waals surface area (Å²) in [5.41, 5.74) is 1.14. The lowest BCUT2D eigenvalue weighted by atomic mass is 10.2. The number of aryl methyl sites for hydroxylation is 1. The van der Waals surface area contributed by atoms with E-state index >= 15 is 0 Å². The van der Waals surface area contributed by atoms with E-state index in [9.17, 15) is 0 Å². The molecule has 0 aliphatic carbocycles. The largest absolute Gasteiger partial charge is 0.485 e. The summed E-state index contributed by atoms with van der Waals surface area (Å²) in [6.07, 6.45) is 1.99. The smallest absolute Gasteiger partial charge is 0.148 e. The molecule has 0 saturated heterocycles. The van der Waals surface area contributed by atoms with Crippen molar-refractivity contribution in [3.05, 3.63) is 46.5 Å². The van der Waals surface area contributed by atoms with Crippen molar-refractivity contribution in [2.45, 2.75) is 33.4 Å². The Morgan fingerprint density at radius 3 is 2.72 bits per heavy atom.